The number of hydrogen-bond donors (Lipinski definition) is 0. The molecular formula is C36H47F3O3S. The average molecular weight is 617 g/mol. The van der Waals surface area contributed by atoms with Gasteiger partial charge in [0.05, 0.1) is 6.61 Å². The van der Waals surface area contributed by atoms with E-state index in [9.17, 15) is 18.0 Å². The van der Waals surface area contributed by atoms with Crippen molar-refractivity contribution in [1.82, 2.24) is 0 Å². The number of alkyl halides is 3. The highest BCUT2D eigenvalue weighted by molar-refractivity contribution is 7.22. The molecule has 7 heteroatoms. The van der Waals surface area contributed by atoms with Crippen molar-refractivity contribution < 1.29 is 27.4 Å². The number of benzene rings is 2. The number of ether oxygens (including phenoxy) is 2. The zero-order chi connectivity index (χ0) is 31.1. The Morgan fingerprint density at radius 2 is 1.37 bits per heavy atom. The molecule has 0 aliphatic carbocycles. The predicted molar refractivity (Wildman–Crippen MR) is 173 cm³/mol. The topological polar surface area (TPSA) is 35.5 Å². The number of aryl methyl sites for hydroxylation is 2. The summed E-state index contributed by atoms with van der Waals surface area (Å²) in [5.74, 6) is -0.414. The number of carbonyl (C=O) groups is 1. The lowest BCUT2D eigenvalue weighted by Crippen LogP contribution is -2.17. The Labute approximate surface area is 259 Å². The number of hydrogen-bond acceptors (Lipinski definition) is 4. The molecule has 3 aromatic rings. The van der Waals surface area contributed by atoms with Crippen LogP contribution < -0.4 is 4.74 Å². The Morgan fingerprint density at radius 3 is 2.00 bits per heavy atom. The molecule has 3 nitrogen and oxygen atoms in total. The summed E-state index contributed by atoms with van der Waals surface area (Å²) in [4.78, 5) is 12.1. The summed E-state index contributed by atoms with van der Waals surface area (Å²) < 4.78 is 50.4. The first kappa shape index (κ1) is 34.7. The van der Waals surface area contributed by atoms with Gasteiger partial charge in [0.2, 0.25) is 0 Å². The molecule has 236 valence electrons. The van der Waals surface area contributed by atoms with Crippen molar-refractivity contribution in [2.45, 2.75) is 117 Å². The highest BCUT2D eigenvalue weighted by Crippen LogP contribution is 2.41. The maximum atomic E-state index is 13.2. The van der Waals surface area contributed by atoms with Gasteiger partial charge >= 0.3 is 12.3 Å². The second-order valence-corrected chi connectivity index (χ2v) is 12.6. The Bertz CT molecular complexity index is 1290. The first-order valence-electron chi connectivity index (χ1n) is 15.9. The van der Waals surface area contributed by atoms with Crippen molar-refractivity contribution in [3.63, 3.8) is 0 Å². The van der Waals surface area contributed by atoms with E-state index in [1.807, 2.05) is 12.1 Å². The molecule has 0 radical (unpaired) electrons. The largest absolute Gasteiger partial charge is 0.573 e. The molecule has 0 saturated carbocycles. The smallest absolute Gasteiger partial charge is 0.462 e. The lowest BCUT2D eigenvalue weighted by Gasteiger charge is -2.14. The molecule has 0 bridgehead atoms. The van der Waals surface area contributed by atoms with Crippen LogP contribution in [0.1, 0.15) is 108 Å². The number of esters is 1. The third kappa shape index (κ3) is 12.8. The van der Waals surface area contributed by atoms with E-state index in [1.165, 1.54) is 61.8 Å². The Hall–Kier alpha value is -2.80. The van der Waals surface area contributed by atoms with Crippen LogP contribution in [0.15, 0.2) is 54.6 Å². The van der Waals surface area contributed by atoms with Crippen LogP contribution in [-0.4, -0.2) is 18.9 Å². The Balaban J connectivity index is 1.41. The maximum absolute atomic E-state index is 13.2. The maximum Gasteiger partial charge on any atom is 0.573 e. The van der Waals surface area contributed by atoms with Gasteiger partial charge in [0, 0.05) is 20.7 Å². The second kappa shape index (κ2) is 18.1. The summed E-state index contributed by atoms with van der Waals surface area (Å²) in [5, 5.41) is 1.04. The summed E-state index contributed by atoms with van der Waals surface area (Å²) in [5.41, 5.74) is 3.08. The number of thiophene rings is 1. The molecule has 0 amide bonds. The van der Waals surface area contributed by atoms with Crippen molar-refractivity contribution in [3.8, 4) is 16.2 Å². The fourth-order valence-corrected chi connectivity index (χ4v) is 6.37. The quantitative estimate of drug-likeness (QED) is 0.0720. The summed E-state index contributed by atoms with van der Waals surface area (Å²) >= 11 is 1.52. The lowest BCUT2D eigenvalue weighted by molar-refractivity contribution is -0.274. The van der Waals surface area contributed by atoms with Gasteiger partial charge in [-0.3, -0.25) is 0 Å². The minimum absolute atomic E-state index is 0.116. The SMILES string of the molecule is C=C(C)C(=O)OCCCCCCCCCCCCc1ccc2cc(-c3ccc(CCCCC)cc3OC(F)(F)F)sc2c1. The Morgan fingerprint density at radius 1 is 0.791 bits per heavy atom. The number of carbonyl (C=O) groups excluding carboxylic acids is 1. The van der Waals surface area contributed by atoms with Gasteiger partial charge in [-0.1, -0.05) is 95.9 Å². The summed E-state index contributed by atoms with van der Waals surface area (Å²) in [6.07, 6.45) is 11.8. The highest BCUT2D eigenvalue weighted by Gasteiger charge is 2.32. The average Bonchev–Trinajstić information content (AvgIpc) is 3.38. The summed E-state index contributed by atoms with van der Waals surface area (Å²) in [7, 11) is 0. The van der Waals surface area contributed by atoms with Gasteiger partial charge in [-0.2, -0.15) is 0 Å². The zero-order valence-electron chi connectivity index (χ0n) is 25.8. The molecule has 0 atom stereocenters. The first-order chi connectivity index (χ1) is 20.7. The third-order valence-corrected chi connectivity index (χ3v) is 8.76. The van der Waals surface area contributed by atoms with Crippen LogP contribution in [-0.2, 0) is 22.4 Å². The van der Waals surface area contributed by atoms with Crippen LogP contribution >= 0.6 is 11.3 Å². The molecule has 43 heavy (non-hydrogen) atoms. The van der Waals surface area contributed by atoms with E-state index in [2.05, 4.69) is 36.4 Å². The minimum Gasteiger partial charge on any atom is -0.462 e. The number of unbranched alkanes of at least 4 members (excludes halogenated alkanes) is 11. The second-order valence-electron chi connectivity index (χ2n) is 11.5. The molecule has 0 fully saturated rings. The van der Waals surface area contributed by atoms with Gasteiger partial charge in [0.1, 0.15) is 5.75 Å². The molecule has 0 spiro atoms. The monoisotopic (exact) mass is 616 g/mol. The molecule has 1 aromatic heterocycles. The van der Waals surface area contributed by atoms with Crippen molar-refractivity contribution >= 4 is 27.4 Å². The molecule has 0 saturated heterocycles. The van der Waals surface area contributed by atoms with E-state index in [1.54, 1.807) is 19.1 Å². The minimum atomic E-state index is -4.73. The summed E-state index contributed by atoms with van der Waals surface area (Å²) in [6, 6.07) is 13.6. The van der Waals surface area contributed by atoms with E-state index >= 15 is 0 Å². The van der Waals surface area contributed by atoms with Crippen LogP contribution in [0.3, 0.4) is 0 Å². The molecule has 0 N–H and O–H groups in total. The van der Waals surface area contributed by atoms with Crippen LogP contribution in [0, 0.1) is 0 Å². The molecule has 1 heterocycles. The molecular weight excluding hydrogens is 569 g/mol. The number of fused-ring (bicyclic) bond motifs is 1. The van der Waals surface area contributed by atoms with Gasteiger partial charge in [-0.15, -0.1) is 24.5 Å². The van der Waals surface area contributed by atoms with Crippen LogP contribution in [0.25, 0.3) is 20.5 Å². The van der Waals surface area contributed by atoms with Gasteiger partial charge in [0.25, 0.3) is 0 Å². The predicted octanol–water partition coefficient (Wildman–Crippen LogP) is 11.8. The standard InChI is InChI=1S/C36H47F3O3S/c1-4-5-14-17-28-20-22-31(32(24-28)42-36(37,38)39)34-26-30-21-19-29(25-33(30)43-34)18-15-12-10-8-6-7-9-11-13-16-23-41-35(40)27(2)3/h19-22,24-26H,2,4-18,23H2,1,3H3. The summed E-state index contributed by atoms with van der Waals surface area (Å²) in [6.45, 7) is 7.84. The fourth-order valence-electron chi connectivity index (χ4n) is 5.21. The normalized spacial score (nSPS) is 11.7. The highest BCUT2D eigenvalue weighted by atomic mass is 32.1. The third-order valence-electron chi connectivity index (χ3n) is 7.63. The lowest BCUT2D eigenvalue weighted by atomic mass is 10.0. The van der Waals surface area contributed by atoms with Crippen LogP contribution in [0.4, 0.5) is 13.2 Å². The van der Waals surface area contributed by atoms with E-state index in [0.717, 1.165) is 71.9 Å². The fraction of sp³-hybridized carbons (Fsp3) is 0.528. The Kier molecular flexibility index (Phi) is 14.6. The molecule has 3 rings (SSSR count). The first-order valence-corrected chi connectivity index (χ1v) is 16.7. The van der Waals surface area contributed by atoms with Gasteiger partial charge in [-0.25, -0.2) is 4.79 Å². The van der Waals surface area contributed by atoms with Crippen molar-refractivity contribution in [2.75, 3.05) is 6.61 Å². The van der Waals surface area contributed by atoms with E-state index in [4.69, 9.17) is 4.74 Å². The van der Waals surface area contributed by atoms with Gasteiger partial charge in [-0.05, 0) is 79.8 Å². The van der Waals surface area contributed by atoms with Crippen molar-refractivity contribution in [1.29, 1.82) is 0 Å². The molecule has 0 aliphatic rings. The van der Waals surface area contributed by atoms with Crippen molar-refractivity contribution in [3.05, 3.63) is 65.7 Å². The van der Waals surface area contributed by atoms with E-state index in [0.29, 0.717) is 17.7 Å². The molecule has 0 unspecified atom stereocenters. The number of rotatable bonds is 20. The van der Waals surface area contributed by atoms with E-state index < -0.39 is 6.36 Å². The van der Waals surface area contributed by atoms with E-state index in [-0.39, 0.29) is 11.7 Å². The number of halogens is 3. The molecule has 2 aromatic carbocycles. The van der Waals surface area contributed by atoms with Gasteiger partial charge < -0.3 is 9.47 Å². The van der Waals surface area contributed by atoms with Crippen LogP contribution in [0.5, 0.6) is 5.75 Å². The zero-order valence-corrected chi connectivity index (χ0v) is 26.6. The molecule has 0 aliphatic heterocycles. The van der Waals surface area contributed by atoms with Crippen molar-refractivity contribution in [2.24, 2.45) is 0 Å². The van der Waals surface area contributed by atoms with Crippen LogP contribution in [0.2, 0.25) is 0 Å². The van der Waals surface area contributed by atoms with Gasteiger partial charge in [0.15, 0.2) is 0 Å².